The highest BCUT2D eigenvalue weighted by atomic mass is 32.2. The molecule has 0 aliphatic carbocycles. The first-order valence-electron chi connectivity index (χ1n) is 7.24. The number of nitrogens with one attached hydrogen (secondary N) is 1. The molecule has 0 fully saturated rings. The Balaban J connectivity index is 2.06. The first kappa shape index (κ1) is 15.9. The fourth-order valence-electron chi connectivity index (χ4n) is 2.05. The van der Waals surface area contributed by atoms with Crippen molar-refractivity contribution in [2.45, 2.75) is 24.4 Å². The van der Waals surface area contributed by atoms with Crippen LogP contribution in [0.25, 0.3) is 0 Å². The van der Waals surface area contributed by atoms with E-state index < -0.39 is 0 Å². The molecule has 0 saturated carbocycles. The van der Waals surface area contributed by atoms with E-state index in [2.05, 4.69) is 29.4 Å². The standard InChI is InChI=1S/C17H22N2OS/c1-3-10-18-16(13-21-17-9-4-5-11-19-17)14-7-6-8-15(12-14)20-2/h4-9,11-12,16,18H,3,10,13H2,1-2H3. The van der Waals surface area contributed by atoms with Crippen molar-refractivity contribution >= 4 is 11.8 Å². The van der Waals surface area contributed by atoms with Gasteiger partial charge in [0, 0.05) is 18.0 Å². The Morgan fingerprint density at radius 2 is 2.14 bits per heavy atom. The Hall–Kier alpha value is -1.52. The van der Waals surface area contributed by atoms with Gasteiger partial charge in [-0.25, -0.2) is 4.98 Å². The molecule has 1 aromatic carbocycles. The molecule has 3 nitrogen and oxygen atoms in total. The molecule has 0 aliphatic rings. The first-order chi connectivity index (χ1) is 10.3. The van der Waals surface area contributed by atoms with Crippen LogP contribution in [-0.2, 0) is 0 Å². The SMILES string of the molecule is CCCNC(CSc1ccccn1)c1cccc(OC)c1. The number of ether oxygens (including phenoxy) is 1. The smallest absolute Gasteiger partial charge is 0.119 e. The van der Waals surface area contributed by atoms with Gasteiger partial charge in [0.05, 0.1) is 12.1 Å². The quantitative estimate of drug-likeness (QED) is 0.749. The van der Waals surface area contributed by atoms with Crippen LogP contribution in [0.2, 0.25) is 0 Å². The maximum absolute atomic E-state index is 5.33. The first-order valence-corrected chi connectivity index (χ1v) is 8.23. The molecule has 1 aromatic heterocycles. The molecule has 1 N–H and O–H groups in total. The van der Waals surface area contributed by atoms with Crippen LogP contribution in [0.1, 0.15) is 24.9 Å². The van der Waals surface area contributed by atoms with E-state index in [1.165, 1.54) is 5.56 Å². The van der Waals surface area contributed by atoms with E-state index in [1.807, 2.05) is 36.5 Å². The number of nitrogens with zero attached hydrogens (tertiary/aromatic N) is 1. The number of thioether (sulfide) groups is 1. The van der Waals surface area contributed by atoms with Gasteiger partial charge in [-0.3, -0.25) is 0 Å². The largest absolute Gasteiger partial charge is 0.497 e. The second-order valence-electron chi connectivity index (χ2n) is 4.76. The van der Waals surface area contributed by atoms with Gasteiger partial charge in [-0.05, 0) is 42.8 Å². The van der Waals surface area contributed by atoms with Gasteiger partial charge in [-0.2, -0.15) is 0 Å². The molecule has 2 aromatic rings. The Bertz CT molecular complexity index is 533. The van der Waals surface area contributed by atoms with Crippen LogP contribution in [0, 0.1) is 0 Å². The van der Waals surface area contributed by atoms with Crippen LogP contribution in [0.15, 0.2) is 53.7 Å². The molecule has 0 spiro atoms. The molecule has 0 amide bonds. The number of hydrogen-bond acceptors (Lipinski definition) is 4. The van der Waals surface area contributed by atoms with E-state index in [-0.39, 0.29) is 0 Å². The summed E-state index contributed by atoms with van der Waals surface area (Å²) >= 11 is 1.77. The number of pyridine rings is 1. The molecule has 1 atom stereocenters. The van der Waals surface area contributed by atoms with Crippen molar-refractivity contribution < 1.29 is 4.74 Å². The third kappa shape index (κ3) is 5.06. The molecular weight excluding hydrogens is 280 g/mol. The van der Waals surface area contributed by atoms with Crippen molar-refractivity contribution in [1.29, 1.82) is 0 Å². The molecule has 112 valence electrons. The Labute approximate surface area is 131 Å². The summed E-state index contributed by atoms with van der Waals surface area (Å²) in [5.41, 5.74) is 1.26. The summed E-state index contributed by atoms with van der Waals surface area (Å²) in [5, 5.41) is 4.66. The maximum Gasteiger partial charge on any atom is 0.119 e. The van der Waals surface area contributed by atoms with E-state index in [4.69, 9.17) is 4.74 Å². The monoisotopic (exact) mass is 302 g/mol. The second kappa shape index (κ2) is 8.70. The van der Waals surface area contributed by atoms with E-state index in [1.54, 1.807) is 18.9 Å². The summed E-state index contributed by atoms with van der Waals surface area (Å²) in [6, 6.07) is 14.6. The topological polar surface area (TPSA) is 34.2 Å². The summed E-state index contributed by atoms with van der Waals surface area (Å²) in [6.07, 6.45) is 2.96. The van der Waals surface area contributed by atoms with Gasteiger partial charge in [-0.1, -0.05) is 25.1 Å². The molecule has 0 bridgehead atoms. The third-order valence-corrected chi connectivity index (χ3v) is 4.21. The van der Waals surface area contributed by atoms with E-state index in [0.29, 0.717) is 6.04 Å². The van der Waals surface area contributed by atoms with Gasteiger partial charge in [0.25, 0.3) is 0 Å². The van der Waals surface area contributed by atoms with Crippen molar-refractivity contribution in [2.24, 2.45) is 0 Å². The fourth-order valence-corrected chi connectivity index (χ4v) is 3.01. The van der Waals surface area contributed by atoms with Crippen LogP contribution in [0.5, 0.6) is 5.75 Å². The Morgan fingerprint density at radius 3 is 2.86 bits per heavy atom. The molecule has 1 unspecified atom stereocenters. The lowest BCUT2D eigenvalue weighted by molar-refractivity contribution is 0.413. The van der Waals surface area contributed by atoms with Gasteiger partial charge in [-0.15, -0.1) is 11.8 Å². The van der Waals surface area contributed by atoms with Gasteiger partial charge >= 0.3 is 0 Å². The minimum Gasteiger partial charge on any atom is -0.497 e. The molecule has 0 radical (unpaired) electrons. The third-order valence-electron chi connectivity index (χ3n) is 3.17. The summed E-state index contributed by atoms with van der Waals surface area (Å²) < 4.78 is 5.33. The van der Waals surface area contributed by atoms with Crippen LogP contribution in [0.3, 0.4) is 0 Å². The lowest BCUT2D eigenvalue weighted by atomic mass is 10.1. The molecule has 2 rings (SSSR count). The summed E-state index contributed by atoms with van der Waals surface area (Å²) in [5.74, 6) is 1.85. The van der Waals surface area contributed by atoms with Crippen molar-refractivity contribution in [3.63, 3.8) is 0 Å². The summed E-state index contributed by atoms with van der Waals surface area (Å²) in [7, 11) is 1.70. The van der Waals surface area contributed by atoms with Crippen LogP contribution in [0.4, 0.5) is 0 Å². The minimum absolute atomic E-state index is 0.298. The van der Waals surface area contributed by atoms with E-state index >= 15 is 0 Å². The fraction of sp³-hybridized carbons (Fsp3) is 0.353. The van der Waals surface area contributed by atoms with Gasteiger partial charge in [0.2, 0.25) is 0 Å². The lowest BCUT2D eigenvalue weighted by Crippen LogP contribution is -2.24. The van der Waals surface area contributed by atoms with Gasteiger partial charge in [0.1, 0.15) is 5.75 Å². The number of benzene rings is 1. The maximum atomic E-state index is 5.33. The average Bonchev–Trinajstić information content (AvgIpc) is 2.56. The molecule has 1 heterocycles. The summed E-state index contributed by atoms with van der Waals surface area (Å²) in [6.45, 7) is 3.19. The number of hydrogen-bond donors (Lipinski definition) is 1. The average molecular weight is 302 g/mol. The van der Waals surface area contributed by atoms with Crippen molar-refractivity contribution in [1.82, 2.24) is 10.3 Å². The van der Waals surface area contributed by atoms with Crippen LogP contribution >= 0.6 is 11.8 Å². The summed E-state index contributed by atoms with van der Waals surface area (Å²) in [4.78, 5) is 4.37. The molecule has 0 saturated heterocycles. The van der Waals surface area contributed by atoms with Crippen molar-refractivity contribution in [2.75, 3.05) is 19.4 Å². The zero-order valence-corrected chi connectivity index (χ0v) is 13.4. The highest BCUT2D eigenvalue weighted by molar-refractivity contribution is 7.99. The number of aromatic nitrogens is 1. The normalized spacial score (nSPS) is 12.1. The highest BCUT2D eigenvalue weighted by Gasteiger charge is 2.12. The number of methoxy groups -OCH3 is 1. The van der Waals surface area contributed by atoms with Crippen molar-refractivity contribution in [3.05, 3.63) is 54.2 Å². The Kier molecular flexibility index (Phi) is 6.57. The van der Waals surface area contributed by atoms with Crippen LogP contribution < -0.4 is 10.1 Å². The highest BCUT2D eigenvalue weighted by Crippen LogP contribution is 2.25. The van der Waals surface area contributed by atoms with Gasteiger partial charge in [0.15, 0.2) is 0 Å². The van der Waals surface area contributed by atoms with Gasteiger partial charge < -0.3 is 10.1 Å². The zero-order valence-electron chi connectivity index (χ0n) is 12.6. The predicted octanol–water partition coefficient (Wildman–Crippen LogP) is 3.92. The Morgan fingerprint density at radius 1 is 1.24 bits per heavy atom. The zero-order chi connectivity index (χ0) is 14.9. The number of rotatable bonds is 8. The second-order valence-corrected chi connectivity index (χ2v) is 5.80. The molecular formula is C17H22N2OS. The van der Waals surface area contributed by atoms with Crippen LogP contribution in [-0.4, -0.2) is 24.4 Å². The molecule has 4 heteroatoms. The molecule has 0 aliphatic heterocycles. The van der Waals surface area contributed by atoms with E-state index in [9.17, 15) is 0 Å². The molecule has 21 heavy (non-hydrogen) atoms. The predicted molar refractivity (Wildman–Crippen MR) is 89.0 cm³/mol. The lowest BCUT2D eigenvalue weighted by Gasteiger charge is -2.19. The minimum atomic E-state index is 0.298. The van der Waals surface area contributed by atoms with E-state index in [0.717, 1.165) is 29.5 Å². The van der Waals surface area contributed by atoms with Crippen molar-refractivity contribution in [3.8, 4) is 5.75 Å².